The van der Waals surface area contributed by atoms with Gasteiger partial charge in [-0.15, -0.1) is 0 Å². The molecule has 0 spiro atoms. The zero-order valence-electron chi connectivity index (χ0n) is 10.2. The fraction of sp³-hybridized carbons (Fsp3) is 0.308. The molecule has 1 rings (SSSR count). The molecule has 0 saturated heterocycles. The molecule has 0 bridgehead atoms. The Bertz CT molecular complexity index is 437. The van der Waals surface area contributed by atoms with Gasteiger partial charge in [0.05, 0.1) is 4.92 Å². The van der Waals surface area contributed by atoms with Crippen molar-refractivity contribution in [2.45, 2.75) is 26.2 Å². The Morgan fingerprint density at radius 2 is 2.06 bits per heavy atom. The molecule has 1 aromatic carbocycles. The first-order valence-electron chi connectivity index (χ1n) is 5.76. The SMILES string of the molecule is CCCC/C=C/C(=O)Oc1ccc([N+](=O)[O-])cc1. The van der Waals surface area contributed by atoms with Crippen molar-refractivity contribution >= 4 is 11.7 Å². The van der Waals surface area contributed by atoms with Crippen LogP contribution in [-0.2, 0) is 4.79 Å². The zero-order chi connectivity index (χ0) is 13.4. The van der Waals surface area contributed by atoms with Gasteiger partial charge in [0.1, 0.15) is 5.75 Å². The van der Waals surface area contributed by atoms with E-state index in [2.05, 4.69) is 6.92 Å². The van der Waals surface area contributed by atoms with Gasteiger partial charge >= 0.3 is 5.97 Å². The number of carbonyl (C=O) groups excluding carboxylic acids is 1. The highest BCUT2D eigenvalue weighted by Crippen LogP contribution is 2.17. The molecule has 0 N–H and O–H groups in total. The standard InChI is InChI=1S/C13H15NO4/c1-2-3-4-5-6-13(15)18-12-9-7-11(8-10-12)14(16)17/h5-10H,2-4H2,1H3/b6-5+. The molecule has 0 radical (unpaired) electrons. The van der Waals surface area contributed by atoms with Gasteiger partial charge in [-0.25, -0.2) is 4.79 Å². The normalized spacial score (nSPS) is 10.5. The van der Waals surface area contributed by atoms with E-state index in [9.17, 15) is 14.9 Å². The van der Waals surface area contributed by atoms with Gasteiger partial charge in [-0.3, -0.25) is 10.1 Å². The van der Waals surface area contributed by atoms with Crippen LogP contribution < -0.4 is 4.74 Å². The van der Waals surface area contributed by atoms with Gasteiger partial charge in [-0.2, -0.15) is 0 Å². The molecule has 0 amide bonds. The lowest BCUT2D eigenvalue weighted by Gasteiger charge is -2.00. The second kappa shape index (κ2) is 7.21. The van der Waals surface area contributed by atoms with E-state index in [0.717, 1.165) is 19.3 Å². The van der Waals surface area contributed by atoms with Crippen LogP contribution in [0.2, 0.25) is 0 Å². The van der Waals surface area contributed by atoms with Crippen LogP contribution >= 0.6 is 0 Å². The molecule has 0 heterocycles. The number of hydrogen-bond donors (Lipinski definition) is 0. The monoisotopic (exact) mass is 249 g/mol. The summed E-state index contributed by atoms with van der Waals surface area (Å²) in [4.78, 5) is 21.3. The number of non-ortho nitro benzene ring substituents is 1. The van der Waals surface area contributed by atoms with E-state index < -0.39 is 10.9 Å². The minimum absolute atomic E-state index is 0.0340. The number of rotatable bonds is 6. The summed E-state index contributed by atoms with van der Waals surface area (Å²) in [6.45, 7) is 2.07. The summed E-state index contributed by atoms with van der Waals surface area (Å²) in [7, 11) is 0. The van der Waals surface area contributed by atoms with Crippen molar-refractivity contribution in [2.75, 3.05) is 0 Å². The molecule has 0 unspecified atom stereocenters. The van der Waals surface area contributed by atoms with Crippen LogP contribution in [0.4, 0.5) is 5.69 Å². The van der Waals surface area contributed by atoms with Gasteiger partial charge in [-0.05, 0) is 18.6 Å². The minimum Gasteiger partial charge on any atom is -0.423 e. The maximum Gasteiger partial charge on any atom is 0.335 e. The van der Waals surface area contributed by atoms with Gasteiger partial charge in [0.25, 0.3) is 5.69 Å². The maximum absolute atomic E-state index is 11.4. The molecule has 0 atom stereocenters. The molecule has 0 aliphatic carbocycles. The summed E-state index contributed by atoms with van der Waals surface area (Å²) in [5.41, 5.74) is -0.0340. The number of hydrogen-bond acceptors (Lipinski definition) is 4. The molecule has 0 aromatic heterocycles. The summed E-state index contributed by atoms with van der Waals surface area (Å²) in [5, 5.41) is 10.4. The Kier molecular flexibility index (Phi) is 5.57. The first kappa shape index (κ1) is 13.9. The van der Waals surface area contributed by atoms with E-state index in [1.54, 1.807) is 6.08 Å². The number of nitro benzene ring substituents is 1. The molecule has 5 heteroatoms. The van der Waals surface area contributed by atoms with Crippen molar-refractivity contribution < 1.29 is 14.5 Å². The van der Waals surface area contributed by atoms with Crippen LogP contribution in [0.3, 0.4) is 0 Å². The molecular weight excluding hydrogens is 234 g/mol. The second-order valence-corrected chi connectivity index (χ2v) is 3.72. The lowest BCUT2D eigenvalue weighted by atomic mass is 10.2. The van der Waals surface area contributed by atoms with Gasteiger partial charge < -0.3 is 4.74 Å². The lowest BCUT2D eigenvalue weighted by molar-refractivity contribution is -0.384. The Morgan fingerprint density at radius 1 is 1.39 bits per heavy atom. The molecule has 0 saturated carbocycles. The molecule has 0 aliphatic rings. The maximum atomic E-state index is 11.4. The van der Waals surface area contributed by atoms with E-state index in [-0.39, 0.29) is 5.69 Å². The Morgan fingerprint density at radius 3 is 2.61 bits per heavy atom. The summed E-state index contributed by atoms with van der Waals surface area (Å²) >= 11 is 0. The van der Waals surface area contributed by atoms with Crippen molar-refractivity contribution in [2.24, 2.45) is 0 Å². The summed E-state index contributed by atoms with van der Waals surface area (Å²) in [6.07, 6.45) is 6.07. The molecule has 5 nitrogen and oxygen atoms in total. The number of unbranched alkanes of at least 4 members (excludes halogenated alkanes) is 2. The number of benzene rings is 1. The lowest BCUT2D eigenvalue weighted by Crippen LogP contribution is -2.03. The van der Waals surface area contributed by atoms with Gasteiger partial charge in [-0.1, -0.05) is 25.8 Å². The number of allylic oxidation sites excluding steroid dienone is 1. The average molecular weight is 249 g/mol. The van der Waals surface area contributed by atoms with Crippen molar-refractivity contribution in [3.8, 4) is 5.75 Å². The second-order valence-electron chi connectivity index (χ2n) is 3.72. The number of ether oxygens (including phenoxy) is 1. The van der Waals surface area contributed by atoms with E-state index in [0.29, 0.717) is 5.75 Å². The van der Waals surface area contributed by atoms with Crippen LogP contribution in [-0.4, -0.2) is 10.9 Å². The third kappa shape index (κ3) is 4.78. The van der Waals surface area contributed by atoms with Crippen molar-refractivity contribution in [1.82, 2.24) is 0 Å². The van der Waals surface area contributed by atoms with E-state index >= 15 is 0 Å². The summed E-state index contributed by atoms with van der Waals surface area (Å²) in [6, 6.07) is 5.39. The number of nitrogens with zero attached hydrogens (tertiary/aromatic N) is 1. The third-order valence-corrected chi connectivity index (χ3v) is 2.24. The summed E-state index contributed by atoms with van der Waals surface area (Å²) in [5.74, 6) is -0.175. The molecule has 18 heavy (non-hydrogen) atoms. The molecular formula is C13H15NO4. The van der Waals surface area contributed by atoms with Crippen LogP contribution in [0, 0.1) is 10.1 Å². The highest BCUT2D eigenvalue weighted by Gasteiger charge is 2.05. The fourth-order valence-corrected chi connectivity index (χ4v) is 1.29. The quantitative estimate of drug-likeness (QED) is 0.194. The number of esters is 1. The van der Waals surface area contributed by atoms with E-state index in [4.69, 9.17) is 4.74 Å². The summed E-state index contributed by atoms with van der Waals surface area (Å²) < 4.78 is 4.98. The Hall–Kier alpha value is -2.17. The first-order chi connectivity index (χ1) is 8.63. The first-order valence-corrected chi connectivity index (χ1v) is 5.76. The Labute approximate surface area is 105 Å². The topological polar surface area (TPSA) is 69.4 Å². The van der Waals surface area contributed by atoms with Gasteiger partial charge in [0.2, 0.25) is 0 Å². The van der Waals surface area contributed by atoms with E-state index in [1.165, 1.54) is 30.3 Å². The molecule has 96 valence electrons. The Balaban J connectivity index is 2.49. The van der Waals surface area contributed by atoms with Gasteiger partial charge in [0.15, 0.2) is 0 Å². The average Bonchev–Trinajstić information content (AvgIpc) is 2.35. The highest BCUT2D eigenvalue weighted by molar-refractivity contribution is 5.83. The molecule has 1 aromatic rings. The van der Waals surface area contributed by atoms with Gasteiger partial charge in [0, 0.05) is 18.2 Å². The van der Waals surface area contributed by atoms with Crippen LogP contribution in [0.5, 0.6) is 5.75 Å². The van der Waals surface area contributed by atoms with Crippen LogP contribution in [0.15, 0.2) is 36.4 Å². The van der Waals surface area contributed by atoms with E-state index in [1.807, 2.05) is 0 Å². The zero-order valence-corrected chi connectivity index (χ0v) is 10.2. The smallest absolute Gasteiger partial charge is 0.335 e. The van der Waals surface area contributed by atoms with Crippen molar-refractivity contribution in [3.05, 3.63) is 46.5 Å². The van der Waals surface area contributed by atoms with Crippen molar-refractivity contribution in [3.63, 3.8) is 0 Å². The van der Waals surface area contributed by atoms with Crippen LogP contribution in [0.1, 0.15) is 26.2 Å². The third-order valence-electron chi connectivity index (χ3n) is 2.24. The number of nitro groups is 1. The molecule has 0 fully saturated rings. The largest absolute Gasteiger partial charge is 0.423 e. The highest BCUT2D eigenvalue weighted by atomic mass is 16.6. The fourth-order valence-electron chi connectivity index (χ4n) is 1.29. The minimum atomic E-state index is -0.504. The molecule has 0 aliphatic heterocycles. The predicted octanol–water partition coefficient (Wildman–Crippen LogP) is 3.25. The van der Waals surface area contributed by atoms with Crippen molar-refractivity contribution in [1.29, 1.82) is 0 Å². The predicted molar refractivity (Wildman–Crippen MR) is 67.4 cm³/mol. The van der Waals surface area contributed by atoms with Crippen LogP contribution in [0.25, 0.3) is 0 Å². The number of carbonyl (C=O) groups is 1.